The van der Waals surface area contributed by atoms with Gasteiger partial charge in [-0.2, -0.15) is 8.61 Å². The number of benzene rings is 2. The first-order valence-corrected chi connectivity index (χ1v) is 13.9. The number of sulfonamides is 2. The lowest BCUT2D eigenvalue weighted by molar-refractivity contribution is -0.116. The summed E-state index contributed by atoms with van der Waals surface area (Å²) in [4.78, 5) is 12.6. The summed E-state index contributed by atoms with van der Waals surface area (Å²) in [7, 11) is -6.20. The van der Waals surface area contributed by atoms with E-state index >= 15 is 0 Å². The Morgan fingerprint density at radius 3 is 2.32 bits per heavy atom. The number of nitrogens with one attached hydrogen (secondary N) is 1. The second kappa shape index (κ2) is 10.8. The van der Waals surface area contributed by atoms with E-state index < -0.39 is 32.5 Å². The van der Waals surface area contributed by atoms with E-state index in [1.807, 2.05) is 19.1 Å². The van der Waals surface area contributed by atoms with Crippen LogP contribution in [-0.4, -0.2) is 77.6 Å². The number of amides is 1. The summed E-state index contributed by atoms with van der Waals surface area (Å²) in [5.41, 5.74) is 1.99. The molecule has 0 saturated carbocycles. The second-order valence-electron chi connectivity index (χ2n) is 7.95. The number of hydrogen-bond acceptors (Lipinski definition) is 7. The van der Waals surface area contributed by atoms with Gasteiger partial charge in [-0.25, -0.2) is 16.8 Å². The lowest BCUT2D eigenvalue weighted by atomic mass is 10.1. The highest BCUT2D eigenvalue weighted by Gasteiger charge is 2.30. The fourth-order valence-corrected chi connectivity index (χ4v) is 5.76. The molecule has 0 spiro atoms. The van der Waals surface area contributed by atoms with Gasteiger partial charge in [0.2, 0.25) is 26.0 Å². The molecule has 1 heterocycles. The van der Waals surface area contributed by atoms with Crippen LogP contribution >= 0.6 is 0 Å². The quantitative estimate of drug-likeness (QED) is 0.540. The number of aryl methyl sites for hydroxylation is 1. The van der Waals surface area contributed by atoms with Crippen LogP contribution in [0.5, 0.6) is 5.75 Å². The van der Waals surface area contributed by atoms with Gasteiger partial charge in [-0.15, -0.1) is 0 Å². The molecule has 1 N–H and O–H groups in total. The third-order valence-electron chi connectivity index (χ3n) is 5.30. The second-order valence-corrected chi connectivity index (χ2v) is 11.8. The number of hydrogen-bond donors (Lipinski definition) is 1. The molecule has 2 aromatic carbocycles. The molecule has 34 heavy (non-hydrogen) atoms. The maximum atomic E-state index is 13.1. The van der Waals surface area contributed by atoms with Crippen LogP contribution in [0.4, 0.5) is 5.69 Å². The average molecular weight is 512 g/mol. The lowest BCUT2D eigenvalue weighted by Gasteiger charge is -2.27. The molecule has 1 saturated heterocycles. The standard InChI is InChI=1S/C22H29N3O7S2/c1-17-4-6-18(7-5-17)15-25(33(3,27)28)16-22(26)23-19-8-9-20(31-2)21(14-19)34(29,30)24-10-12-32-13-11-24/h4-9,14H,10-13,15-16H2,1-3H3,(H,23,26). The molecular formula is C22H29N3O7S2. The van der Waals surface area contributed by atoms with Crippen molar-refractivity contribution < 1.29 is 31.1 Å². The van der Waals surface area contributed by atoms with E-state index in [1.54, 1.807) is 12.1 Å². The van der Waals surface area contributed by atoms with Crippen molar-refractivity contribution in [1.82, 2.24) is 8.61 Å². The molecule has 0 radical (unpaired) electrons. The SMILES string of the molecule is COc1ccc(NC(=O)CN(Cc2ccc(C)cc2)S(C)(=O)=O)cc1S(=O)(=O)N1CCOCC1. The fraction of sp³-hybridized carbons (Fsp3) is 0.409. The first kappa shape index (κ1) is 26.1. The Bertz CT molecular complexity index is 1220. The number of nitrogens with zero attached hydrogens (tertiary/aromatic N) is 2. The van der Waals surface area contributed by atoms with E-state index in [0.29, 0.717) is 13.2 Å². The van der Waals surface area contributed by atoms with Gasteiger partial charge in [0, 0.05) is 25.3 Å². The molecule has 0 aromatic heterocycles. The number of methoxy groups -OCH3 is 1. The largest absolute Gasteiger partial charge is 0.495 e. The molecule has 0 atom stereocenters. The van der Waals surface area contributed by atoms with Gasteiger partial charge in [0.25, 0.3) is 0 Å². The molecule has 10 nitrogen and oxygen atoms in total. The van der Waals surface area contributed by atoms with E-state index in [9.17, 15) is 21.6 Å². The Hall–Kier alpha value is -2.51. The average Bonchev–Trinajstić information content (AvgIpc) is 2.80. The van der Waals surface area contributed by atoms with Gasteiger partial charge in [0.05, 0.1) is 33.1 Å². The van der Waals surface area contributed by atoms with E-state index in [-0.39, 0.29) is 36.0 Å². The van der Waals surface area contributed by atoms with Crippen molar-refractivity contribution in [3.63, 3.8) is 0 Å². The van der Waals surface area contributed by atoms with E-state index in [2.05, 4.69) is 5.32 Å². The van der Waals surface area contributed by atoms with Crippen LogP contribution in [0.15, 0.2) is 47.4 Å². The Labute approximate surface area is 200 Å². The van der Waals surface area contributed by atoms with Crippen molar-refractivity contribution >= 4 is 31.6 Å². The van der Waals surface area contributed by atoms with Crippen molar-refractivity contribution in [2.45, 2.75) is 18.4 Å². The molecule has 1 amide bonds. The van der Waals surface area contributed by atoms with Crippen molar-refractivity contribution in [3.8, 4) is 5.75 Å². The topological polar surface area (TPSA) is 122 Å². The number of morpholine rings is 1. The van der Waals surface area contributed by atoms with Gasteiger partial charge < -0.3 is 14.8 Å². The molecule has 3 rings (SSSR count). The summed E-state index contributed by atoms with van der Waals surface area (Å²) in [6, 6.07) is 11.6. The molecule has 2 aromatic rings. The van der Waals surface area contributed by atoms with Gasteiger partial charge in [-0.1, -0.05) is 29.8 Å². The smallest absolute Gasteiger partial charge is 0.246 e. The van der Waals surface area contributed by atoms with Crippen molar-refractivity contribution in [3.05, 3.63) is 53.6 Å². The van der Waals surface area contributed by atoms with Crippen molar-refractivity contribution in [1.29, 1.82) is 0 Å². The number of ether oxygens (including phenoxy) is 2. The minimum Gasteiger partial charge on any atom is -0.495 e. The van der Waals surface area contributed by atoms with Crippen LogP contribution in [0.25, 0.3) is 0 Å². The predicted octanol–water partition coefficient (Wildman–Crippen LogP) is 1.42. The zero-order chi connectivity index (χ0) is 24.9. The maximum Gasteiger partial charge on any atom is 0.246 e. The Morgan fingerprint density at radius 2 is 1.74 bits per heavy atom. The first-order valence-electron chi connectivity index (χ1n) is 10.6. The van der Waals surface area contributed by atoms with Crippen LogP contribution in [0.3, 0.4) is 0 Å². The highest BCUT2D eigenvalue weighted by molar-refractivity contribution is 7.89. The highest BCUT2D eigenvalue weighted by atomic mass is 32.2. The van der Waals surface area contributed by atoms with Crippen LogP contribution in [0.1, 0.15) is 11.1 Å². The summed E-state index contributed by atoms with van der Waals surface area (Å²) in [6.45, 7) is 2.54. The normalized spacial score (nSPS) is 15.3. The van der Waals surface area contributed by atoms with Crippen LogP contribution in [0.2, 0.25) is 0 Å². The Balaban J connectivity index is 1.79. The Kier molecular flexibility index (Phi) is 8.31. The van der Waals surface area contributed by atoms with Gasteiger partial charge >= 0.3 is 0 Å². The molecule has 12 heteroatoms. The third-order valence-corrected chi connectivity index (χ3v) is 8.42. The highest BCUT2D eigenvalue weighted by Crippen LogP contribution is 2.30. The molecule has 186 valence electrons. The predicted molar refractivity (Wildman–Crippen MR) is 128 cm³/mol. The van der Waals surface area contributed by atoms with Crippen molar-refractivity contribution in [2.75, 3.05) is 51.5 Å². The van der Waals surface area contributed by atoms with Crippen LogP contribution in [0, 0.1) is 6.92 Å². The molecule has 0 aliphatic carbocycles. The number of carbonyl (C=O) groups is 1. The Morgan fingerprint density at radius 1 is 1.09 bits per heavy atom. The summed E-state index contributed by atoms with van der Waals surface area (Å²) in [5, 5.41) is 2.60. The van der Waals surface area contributed by atoms with Crippen LogP contribution < -0.4 is 10.1 Å². The van der Waals surface area contributed by atoms with Gasteiger partial charge in [-0.3, -0.25) is 4.79 Å². The molecule has 1 fully saturated rings. The first-order chi connectivity index (χ1) is 16.0. The van der Waals surface area contributed by atoms with Crippen LogP contribution in [-0.2, 0) is 36.1 Å². The minimum atomic E-state index is -3.88. The summed E-state index contributed by atoms with van der Waals surface area (Å²) in [5.74, 6) is -0.459. The monoisotopic (exact) mass is 511 g/mol. The summed E-state index contributed by atoms with van der Waals surface area (Å²) >= 11 is 0. The minimum absolute atomic E-state index is 0.0335. The van der Waals surface area contributed by atoms with Gasteiger partial charge in [-0.05, 0) is 30.7 Å². The number of carbonyl (C=O) groups excluding carboxylic acids is 1. The molecule has 1 aliphatic heterocycles. The third kappa shape index (κ3) is 6.54. The summed E-state index contributed by atoms with van der Waals surface area (Å²) < 4.78 is 63.6. The van der Waals surface area contributed by atoms with E-state index in [1.165, 1.54) is 29.6 Å². The van der Waals surface area contributed by atoms with Gasteiger partial charge in [0.1, 0.15) is 10.6 Å². The van der Waals surface area contributed by atoms with Crippen molar-refractivity contribution in [2.24, 2.45) is 0 Å². The maximum absolute atomic E-state index is 13.1. The van der Waals surface area contributed by atoms with E-state index in [0.717, 1.165) is 21.7 Å². The number of rotatable bonds is 9. The zero-order valence-corrected chi connectivity index (χ0v) is 21.0. The molecule has 0 bridgehead atoms. The molecule has 1 aliphatic rings. The van der Waals surface area contributed by atoms with Gasteiger partial charge in [0.15, 0.2) is 0 Å². The van der Waals surface area contributed by atoms with E-state index in [4.69, 9.17) is 9.47 Å². The molecule has 0 unspecified atom stereocenters. The molecular weight excluding hydrogens is 482 g/mol. The lowest BCUT2D eigenvalue weighted by Crippen LogP contribution is -2.40. The zero-order valence-electron chi connectivity index (χ0n) is 19.4. The number of anilines is 1. The summed E-state index contributed by atoms with van der Waals surface area (Å²) in [6.07, 6.45) is 1.04. The fourth-order valence-electron chi connectivity index (χ4n) is 3.43.